The molecule has 0 saturated carbocycles. The minimum absolute atomic E-state index is 0.624. The van der Waals surface area contributed by atoms with Gasteiger partial charge in [-0.2, -0.15) is 10.2 Å². The van der Waals surface area contributed by atoms with E-state index in [9.17, 15) is 0 Å². The van der Waals surface area contributed by atoms with Gasteiger partial charge >= 0.3 is 0 Å². The third-order valence-corrected chi connectivity index (χ3v) is 5.18. The molecule has 0 saturated heterocycles. The lowest BCUT2D eigenvalue weighted by atomic mass is 10.1. The Bertz CT molecular complexity index is 1170. The maximum Gasteiger partial charge on any atom is 0.191 e. The lowest BCUT2D eigenvalue weighted by Gasteiger charge is -2.14. The molecule has 4 aromatic rings. The van der Waals surface area contributed by atoms with E-state index < -0.39 is 0 Å². The molecule has 0 atom stereocenters. The van der Waals surface area contributed by atoms with Gasteiger partial charge in [0.25, 0.3) is 0 Å². The molecule has 164 valence electrons. The molecule has 1 aromatic carbocycles. The normalized spacial score (nSPS) is 11.5. The number of hydrogen-bond donors (Lipinski definition) is 2. The van der Waals surface area contributed by atoms with E-state index in [1.165, 1.54) is 11.1 Å². The smallest absolute Gasteiger partial charge is 0.191 e. The molecule has 0 fully saturated rings. The number of aryl methyl sites for hydroxylation is 2. The van der Waals surface area contributed by atoms with Crippen LogP contribution in [0, 0.1) is 13.8 Å². The summed E-state index contributed by atoms with van der Waals surface area (Å²) in [6.07, 6.45) is 5.63. The summed E-state index contributed by atoms with van der Waals surface area (Å²) in [7, 11) is 1.77. The number of pyridine rings is 1. The highest BCUT2D eigenvalue weighted by molar-refractivity contribution is 5.79. The van der Waals surface area contributed by atoms with E-state index in [1.54, 1.807) is 13.2 Å². The van der Waals surface area contributed by atoms with Crippen molar-refractivity contribution in [1.82, 2.24) is 35.2 Å². The van der Waals surface area contributed by atoms with Gasteiger partial charge in [-0.25, -0.2) is 9.67 Å². The fraction of sp³-hybridized carbons (Fsp3) is 0.250. The van der Waals surface area contributed by atoms with Crippen molar-refractivity contribution in [3.05, 3.63) is 95.2 Å². The molecule has 4 rings (SSSR count). The van der Waals surface area contributed by atoms with Gasteiger partial charge in [0.1, 0.15) is 0 Å². The van der Waals surface area contributed by atoms with Crippen molar-refractivity contribution < 1.29 is 0 Å². The highest BCUT2D eigenvalue weighted by atomic mass is 15.3. The molecule has 32 heavy (non-hydrogen) atoms. The van der Waals surface area contributed by atoms with Crippen LogP contribution in [0.3, 0.4) is 0 Å². The summed E-state index contributed by atoms with van der Waals surface area (Å²) in [4.78, 5) is 8.90. The summed E-state index contributed by atoms with van der Waals surface area (Å²) in [5.41, 5.74) is 5.55. The largest absolute Gasteiger partial charge is 0.352 e. The van der Waals surface area contributed by atoms with Gasteiger partial charge < -0.3 is 10.6 Å². The van der Waals surface area contributed by atoms with E-state index in [0.717, 1.165) is 35.3 Å². The number of aliphatic imine (C=N–C) groups is 1. The Kier molecular flexibility index (Phi) is 6.60. The van der Waals surface area contributed by atoms with Gasteiger partial charge in [0.15, 0.2) is 11.8 Å². The number of aromatic nitrogens is 5. The Hall–Kier alpha value is -3.94. The standard InChI is InChI=1S/C24H28N8/c1-18-13-19(2)32(30-18)23-10-9-20(14-26-23)15-27-24(25-3)28-16-21-7-4-5-8-22(21)17-31-12-6-11-29-31/h4-14H,15-17H2,1-3H3,(H2,25,27,28). The van der Waals surface area contributed by atoms with Crippen LogP contribution in [0.15, 0.2) is 72.1 Å². The van der Waals surface area contributed by atoms with Gasteiger partial charge in [0.2, 0.25) is 0 Å². The summed E-state index contributed by atoms with van der Waals surface area (Å²) in [5.74, 6) is 1.55. The Morgan fingerprint density at radius 2 is 1.81 bits per heavy atom. The van der Waals surface area contributed by atoms with Crippen molar-refractivity contribution in [2.75, 3.05) is 7.05 Å². The Labute approximate surface area is 188 Å². The van der Waals surface area contributed by atoms with Crippen LogP contribution >= 0.6 is 0 Å². The van der Waals surface area contributed by atoms with Crippen LogP contribution in [0.5, 0.6) is 0 Å². The van der Waals surface area contributed by atoms with Gasteiger partial charge in [0.05, 0.1) is 12.2 Å². The minimum atomic E-state index is 0.624. The number of nitrogens with zero attached hydrogens (tertiary/aromatic N) is 6. The highest BCUT2D eigenvalue weighted by Gasteiger charge is 2.07. The molecule has 0 spiro atoms. The fourth-order valence-electron chi connectivity index (χ4n) is 3.55. The Balaban J connectivity index is 1.33. The van der Waals surface area contributed by atoms with E-state index in [0.29, 0.717) is 13.1 Å². The van der Waals surface area contributed by atoms with Gasteiger partial charge in [-0.3, -0.25) is 9.67 Å². The molecule has 8 heteroatoms. The third kappa shape index (κ3) is 5.21. The Morgan fingerprint density at radius 1 is 1.00 bits per heavy atom. The molecule has 2 N–H and O–H groups in total. The van der Waals surface area contributed by atoms with E-state index in [-0.39, 0.29) is 0 Å². The highest BCUT2D eigenvalue weighted by Crippen LogP contribution is 2.11. The van der Waals surface area contributed by atoms with Crippen molar-refractivity contribution in [3.8, 4) is 5.82 Å². The molecule has 0 bridgehead atoms. The first-order valence-corrected chi connectivity index (χ1v) is 10.6. The second-order valence-electron chi connectivity index (χ2n) is 7.62. The third-order valence-electron chi connectivity index (χ3n) is 5.18. The van der Waals surface area contributed by atoms with Gasteiger partial charge in [-0.05, 0) is 48.7 Å². The number of rotatable bonds is 7. The predicted molar refractivity (Wildman–Crippen MR) is 126 cm³/mol. The molecule has 0 radical (unpaired) electrons. The predicted octanol–water partition coefficient (Wildman–Crippen LogP) is 2.99. The summed E-state index contributed by atoms with van der Waals surface area (Å²) >= 11 is 0. The van der Waals surface area contributed by atoms with Crippen LogP contribution in [0.1, 0.15) is 28.1 Å². The van der Waals surface area contributed by atoms with E-state index in [1.807, 2.05) is 53.8 Å². The molecule has 8 nitrogen and oxygen atoms in total. The van der Waals surface area contributed by atoms with Crippen LogP contribution in [0.4, 0.5) is 0 Å². The van der Waals surface area contributed by atoms with E-state index >= 15 is 0 Å². The summed E-state index contributed by atoms with van der Waals surface area (Å²) in [6.45, 7) is 6.05. The van der Waals surface area contributed by atoms with Crippen molar-refractivity contribution in [1.29, 1.82) is 0 Å². The van der Waals surface area contributed by atoms with Gasteiger partial charge in [0, 0.05) is 44.4 Å². The number of nitrogens with one attached hydrogen (secondary N) is 2. The zero-order valence-electron chi connectivity index (χ0n) is 18.7. The van der Waals surface area contributed by atoms with E-state index in [2.05, 4.69) is 61.1 Å². The molecular formula is C24H28N8. The first-order valence-electron chi connectivity index (χ1n) is 10.6. The molecule has 3 heterocycles. The quantitative estimate of drug-likeness (QED) is 0.349. The number of benzene rings is 1. The second-order valence-corrected chi connectivity index (χ2v) is 7.62. The van der Waals surface area contributed by atoms with Crippen LogP contribution in [0.25, 0.3) is 5.82 Å². The van der Waals surface area contributed by atoms with Crippen LogP contribution in [-0.2, 0) is 19.6 Å². The Morgan fingerprint density at radius 3 is 2.47 bits per heavy atom. The van der Waals surface area contributed by atoms with Gasteiger partial charge in [-0.1, -0.05) is 30.3 Å². The second kappa shape index (κ2) is 9.91. The first-order chi connectivity index (χ1) is 15.6. The van der Waals surface area contributed by atoms with Crippen LogP contribution in [0.2, 0.25) is 0 Å². The molecular weight excluding hydrogens is 400 g/mol. The van der Waals surface area contributed by atoms with E-state index in [4.69, 9.17) is 0 Å². The maximum absolute atomic E-state index is 4.56. The zero-order chi connectivity index (χ0) is 22.3. The molecule has 0 aliphatic rings. The maximum atomic E-state index is 4.56. The molecule has 0 aliphatic carbocycles. The van der Waals surface area contributed by atoms with Crippen molar-refractivity contribution >= 4 is 5.96 Å². The first kappa shape index (κ1) is 21.3. The number of hydrogen-bond acceptors (Lipinski definition) is 4. The average Bonchev–Trinajstić information content (AvgIpc) is 3.44. The molecule has 0 amide bonds. The topological polar surface area (TPSA) is 85.0 Å². The SMILES string of the molecule is CN=C(NCc1ccc(-n2nc(C)cc2C)nc1)NCc1ccccc1Cn1cccn1. The van der Waals surface area contributed by atoms with Crippen molar-refractivity contribution in [2.45, 2.75) is 33.5 Å². The number of guanidine groups is 1. The lowest BCUT2D eigenvalue weighted by Crippen LogP contribution is -2.36. The average molecular weight is 429 g/mol. The fourth-order valence-corrected chi connectivity index (χ4v) is 3.55. The monoisotopic (exact) mass is 428 g/mol. The zero-order valence-corrected chi connectivity index (χ0v) is 18.7. The summed E-state index contributed by atoms with van der Waals surface area (Å²) < 4.78 is 3.78. The molecule has 0 unspecified atom stereocenters. The van der Waals surface area contributed by atoms with Crippen LogP contribution < -0.4 is 10.6 Å². The van der Waals surface area contributed by atoms with Crippen molar-refractivity contribution in [2.24, 2.45) is 4.99 Å². The lowest BCUT2D eigenvalue weighted by molar-refractivity contribution is 0.677. The summed E-state index contributed by atoms with van der Waals surface area (Å²) in [6, 6.07) is 16.4. The minimum Gasteiger partial charge on any atom is -0.352 e. The molecule has 0 aliphatic heterocycles. The van der Waals surface area contributed by atoms with Gasteiger partial charge in [-0.15, -0.1) is 0 Å². The van der Waals surface area contributed by atoms with Crippen molar-refractivity contribution in [3.63, 3.8) is 0 Å². The summed E-state index contributed by atoms with van der Waals surface area (Å²) in [5, 5.41) is 15.5. The molecule has 3 aromatic heterocycles. The van der Waals surface area contributed by atoms with Crippen LogP contribution in [-0.4, -0.2) is 37.6 Å².